The van der Waals surface area contributed by atoms with Crippen molar-refractivity contribution < 1.29 is 13.6 Å². The number of carbonyl (C=O) groups is 1. The quantitative estimate of drug-likeness (QED) is 0.756. The highest BCUT2D eigenvalue weighted by Gasteiger charge is 2.16. The van der Waals surface area contributed by atoms with E-state index in [0.717, 1.165) is 22.4 Å². The monoisotopic (exact) mass is 352 g/mol. The van der Waals surface area contributed by atoms with Gasteiger partial charge in [0.05, 0.1) is 11.3 Å². The molecule has 0 bridgehead atoms. The second-order valence-electron chi connectivity index (χ2n) is 6.22. The van der Waals surface area contributed by atoms with Gasteiger partial charge < -0.3 is 5.73 Å². The average molecular weight is 352 g/mol. The summed E-state index contributed by atoms with van der Waals surface area (Å²) >= 11 is 0. The van der Waals surface area contributed by atoms with Crippen molar-refractivity contribution in [2.45, 2.75) is 19.8 Å². The van der Waals surface area contributed by atoms with Crippen LogP contribution in [0.4, 0.5) is 8.78 Å². The van der Waals surface area contributed by atoms with Crippen molar-refractivity contribution in [2.75, 3.05) is 0 Å². The molecule has 5 heteroatoms. The lowest BCUT2D eigenvalue weighted by Crippen LogP contribution is -2.18. The first-order valence-electron chi connectivity index (χ1n) is 8.20. The second kappa shape index (κ2) is 7.44. The van der Waals surface area contributed by atoms with Crippen molar-refractivity contribution >= 4 is 5.91 Å². The average Bonchev–Trinajstić information content (AvgIpc) is 2.58. The van der Waals surface area contributed by atoms with Gasteiger partial charge in [0.1, 0.15) is 11.6 Å². The highest BCUT2D eigenvalue weighted by Crippen LogP contribution is 2.20. The first kappa shape index (κ1) is 17.7. The number of carbonyl (C=O) groups excluding carboxylic acids is 1. The molecule has 2 N–H and O–H groups in total. The number of nitrogens with two attached hydrogens (primary N) is 1. The molecule has 0 aliphatic rings. The van der Waals surface area contributed by atoms with Crippen LogP contribution in [0.25, 0.3) is 0 Å². The Balaban J connectivity index is 1.97. The summed E-state index contributed by atoms with van der Waals surface area (Å²) in [6.45, 7) is 1.81. The third-order valence-electron chi connectivity index (χ3n) is 4.17. The maximum Gasteiger partial charge on any atom is 0.250 e. The zero-order valence-electron chi connectivity index (χ0n) is 14.3. The summed E-state index contributed by atoms with van der Waals surface area (Å²) < 4.78 is 26.2. The summed E-state index contributed by atoms with van der Waals surface area (Å²) in [6, 6.07) is 14.1. The Hall–Kier alpha value is -3.08. The van der Waals surface area contributed by atoms with Gasteiger partial charge in [-0.2, -0.15) is 0 Å². The van der Waals surface area contributed by atoms with E-state index in [4.69, 9.17) is 5.73 Å². The molecule has 3 aromatic rings. The van der Waals surface area contributed by atoms with Gasteiger partial charge in [-0.1, -0.05) is 24.3 Å². The van der Waals surface area contributed by atoms with Crippen LogP contribution in [0, 0.1) is 18.6 Å². The third-order valence-corrected chi connectivity index (χ3v) is 4.17. The van der Waals surface area contributed by atoms with Crippen LogP contribution in [0.2, 0.25) is 0 Å². The second-order valence-corrected chi connectivity index (χ2v) is 6.22. The number of amides is 1. The maximum absolute atomic E-state index is 13.1. The molecular formula is C21H18F2N2O. The van der Waals surface area contributed by atoms with Crippen molar-refractivity contribution in [3.8, 4) is 0 Å². The molecule has 0 saturated carbocycles. The molecule has 3 nitrogen and oxygen atoms in total. The van der Waals surface area contributed by atoms with Gasteiger partial charge in [0.2, 0.25) is 0 Å². The van der Waals surface area contributed by atoms with Gasteiger partial charge in [-0.25, -0.2) is 8.78 Å². The Morgan fingerprint density at radius 1 is 0.923 bits per heavy atom. The zero-order chi connectivity index (χ0) is 18.7. The third kappa shape index (κ3) is 4.11. The highest BCUT2D eigenvalue weighted by atomic mass is 19.1. The summed E-state index contributed by atoms with van der Waals surface area (Å²) in [6.07, 6.45) is 0.882. The molecule has 0 unspecified atom stereocenters. The predicted molar refractivity (Wildman–Crippen MR) is 95.9 cm³/mol. The number of benzene rings is 2. The first-order valence-corrected chi connectivity index (χ1v) is 8.20. The van der Waals surface area contributed by atoms with Gasteiger partial charge in [0.25, 0.3) is 5.91 Å². The van der Waals surface area contributed by atoms with Crippen molar-refractivity contribution in [3.05, 3.63) is 99.9 Å². The topological polar surface area (TPSA) is 56.0 Å². The van der Waals surface area contributed by atoms with Crippen LogP contribution in [-0.2, 0) is 12.8 Å². The molecule has 0 fully saturated rings. The largest absolute Gasteiger partial charge is 0.366 e. The van der Waals surface area contributed by atoms with E-state index in [1.165, 1.54) is 24.3 Å². The lowest BCUT2D eigenvalue weighted by atomic mass is 9.98. The first-order chi connectivity index (χ1) is 12.4. The van der Waals surface area contributed by atoms with Crippen LogP contribution in [0.15, 0.2) is 54.6 Å². The Labute approximate surface area is 150 Å². The van der Waals surface area contributed by atoms with Gasteiger partial charge in [-0.3, -0.25) is 9.78 Å². The van der Waals surface area contributed by atoms with E-state index in [0.29, 0.717) is 24.1 Å². The number of hydrogen-bond donors (Lipinski definition) is 1. The molecule has 132 valence electrons. The van der Waals surface area contributed by atoms with Crippen LogP contribution in [0.1, 0.15) is 38.4 Å². The van der Waals surface area contributed by atoms with E-state index >= 15 is 0 Å². The molecule has 0 aliphatic heterocycles. The fourth-order valence-corrected chi connectivity index (χ4v) is 2.97. The Morgan fingerprint density at radius 2 is 1.42 bits per heavy atom. The highest BCUT2D eigenvalue weighted by molar-refractivity contribution is 5.95. The van der Waals surface area contributed by atoms with Crippen LogP contribution in [-0.4, -0.2) is 10.9 Å². The number of nitrogens with zero attached hydrogens (tertiary/aromatic N) is 1. The number of rotatable bonds is 5. The molecule has 0 radical (unpaired) electrons. The summed E-state index contributed by atoms with van der Waals surface area (Å²) in [4.78, 5) is 16.5. The normalized spacial score (nSPS) is 10.7. The van der Waals surface area contributed by atoms with E-state index in [1.807, 2.05) is 13.0 Å². The van der Waals surface area contributed by atoms with E-state index in [2.05, 4.69) is 4.98 Å². The molecule has 3 rings (SSSR count). The van der Waals surface area contributed by atoms with Crippen LogP contribution in [0.5, 0.6) is 0 Å². The van der Waals surface area contributed by atoms with Crippen LogP contribution < -0.4 is 5.73 Å². The number of aryl methyl sites for hydroxylation is 1. The molecule has 1 amide bonds. The fourth-order valence-electron chi connectivity index (χ4n) is 2.97. The molecule has 0 spiro atoms. The van der Waals surface area contributed by atoms with E-state index < -0.39 is 5.91 Å². The smallest absolute Gasteiger partial charge is 0.250 e. The molecule has 0 aliphatic carbocycles. The van der Waals surface area contributed by atoms with Gasteiger partial charge in [-0.15, -0.1) is 0 Å². The Bertz CT molecular complexity index is 935. The molecule has 1 aromatic heterocycles. The molecule has 2 aromatic carbocycles. The van der Waals surface area contributed by atoms with Crippen molar-refractivity contribution in [1.82, 2.24) is 4.98 Å². The zero-order valence-corrected chi connectivity index (χ0v) is 14.3. The molecule has 0 atom stereocenters. The van der Waals surface area contributed by atoms with Gasteiger partial charge in [0, 0.05) is 18.5 Å². The number of halogens is 2. The summed E-state index contributed by atoms with van der Waals surface area (Å²) in [5, 5.41) is 0. The molecular weight excluding hydrogens is 334 g/mol. The van der Waals surface area contributed by atoms with Crippen LogP contribution in [0.3, 0.4) is 0 Å². The van der Waals surface area contributed by atoms with Crippen LogP contribution >= 0.6 is 0 Å². The van der Waals surface area contributed by atoms with Crippen molar-refractivity contribution in [3.63, 3.8) is 0 Å². The van der Waals surface area contributed by atoms with E-state index in [9.17, 15) is 13.6 Å². The van der Waals surface area contributed by atoms with Gasteiger partial charge >= 0.3 is 0 Å². The lowest BCUT2D eigenvalue weighted by Gasteiger charge is -2.12. The maximum atomic E-state index is 13.1. The minimum absolute atomic E-state index is 0.293. The van der Waals surface area contributed by atoms with Crippen molar-refractivity contribution in [2.24, 2.45) is 5.73 Å². The Morgan fingerprint density at radius 3 is 1.92 bits per heavy atom. The Kier molecular flexibility index (Phi) is 5.07. The standard InChI is InChI=1S/C21H18F2N2O/c1-13-10-18(11-14-2-6-16(22)7-3-14)25-19(20(13)21(24)26)12-15-4-8-17(23)9-5-15/h2-10H,11-12H2,1H3,(H2,24,26). The molecule has 26 heavy (non-hydrogen) atoms. The van der Waals surface area contributed by atoms with E-state index in [1.54, 1.807) is 24.3 Å². The summed E-state index contributed by atoms with van der Waals surface area (Å²) in [5.41, 5.74) is 9.72. The minimum atomic E-state index is -0.541. The number of primary amides is 1. The lowest BCUT2D eigenvalue weighted by molar-refractivity contribution is 0.0998. The number of aromatic nitrogens is 1. The van der Waals surface area contributed by atoms with E-state index in [-0.39, 0.29) is 11.6 Å². The summed E-state index contributed by atoms with van der Waals surface area (Å²) in [7, 11) is 0. The van der Waals surface area contributed by atoms with Gasteiger partial charge in [0.15, 0.2) is 0 Å². The predicted octanol–water partition coefficient (Wildman–Crippen LogP) is 3.95. The van der Waals surface area contributed by atoms with Crippen molar-refractivity contribution in [1.29, 1.82) is 0 Å². The fraction of sp³-hybridized carbons (Fsp3) is 0.143. The molecule has 0 saturated heterocycles. The molecule has 1 heterocycles. The summed E-state index contributed by atoms with van der Waals surface area (Å²) in [5.74, 6) is -1.16. The van der Waals surface area contributed by atoms with Gasteiger partial charge in [-0.05, 0) is 53.9 Å². The minimum Gasteiger partial charge on any atom is -0.366 e. The SMILES string of the molecule is Cc1cc(Cc2ccc(F)cc2)nc(Cc2ccc(F)cc2)c1C(N)=O. The number of pyridine rings is 1. The number of hydrogen-bond acceptors (Lipinski definition) is 2.